The lowest BCUT2D eigenvalue weighted by Gasteiger charge is -2.35. The van der Waals surface area contributed by atoms with Crippen molar-refractivity contribution >= 4 is 30.7 Å². The van der Waals surface area contributed by atoms with E-state index in [1.54, 1.807) is 12.1 Å². The Hall–Kier alpha value is -0.920. The first-order valence-electron chi connectivity index (χ1n) is 7.69. The maximum Gasteiger partial charge on any atom is 0.221 e. The Bertz CT molecular complexity index is 488. The molecule has 1 aromatic rings. The molecule has 1 saturated heterocycles. The predicted molar refractivity (Wildman–Crippen MR) is 97.6 cm³/mol. The number of hydrogen-bond acceptors (Lipinski definition) is 4. The minimum absolute atomic E-state index is 0. The molecule has 24 heavy (non-hydrogen) atoms. The maximum atomic E-state index is 13.5. The molecule has 0 saturated carbocycles. The Kier molecular flexibility index (Phi) is 12.0. The summed E-state index contributed by atoms with van der Waals surface area (Å²) in [4.78, 5) is 14.1. The van der Waals surface area contributed by atoms with Gasteiger partial charge in [0.15, 0.2) is 0 Å². The zero-order valence-corrected chi connectivity index (χ0v) is 15.4. The molecule has 2 rings (SSSR count). The second kappa shape index (κ2) is 12.4. The molecule has 138 valence electrons. The zero-order valence-electron chi connectivity index (χ0n) is 13.8. The number of morpholine rings is 1. The van der Waals surface area contributed by atoms with Crippen LogP contribution in [0.4, 0.5) is 4.39 Å². The van der Waals surface area contributed by atoms with E-state index >= 15 is 0 Å². The second-order valence-corrected chi connectivity index (χ2v) is 5.38. The largest absolute Gasteiger partial charge is 0.379 e. The standard InChI is InChI=1S/C16H24FN3O2.2ClH/c1-18-6-5-16(21)19-12-15(20-7-9-22-10-8-20)13-3-2-4-14(17)11-13;;/h2-4,11,15,18H,5-10,12H2,1H3,(H,19,21);2*1H. The number of benzene rings is 1. The number of carbonyl (C=O) groups is 1. The molecule has 1 heterocycles. The van der Waals surface area contributed by atoms with Crippen LogP contribution >= 0.6 is 24.8 Å². The molecule has 0 bridgehead atoms. The minimum atomic E-state index is -0.253. The minimum Gasteiger partial charge on any atom is -0.379 e. The second-order valence-electron chi connectivity index (χ2n) is 5.38. The van der Waals surface area contributed by atoms with Gasteiger partial charge in [0.25, 0.3) is 0 Å². The van der Waals surface area contributed by atoms with Crippen LogP contribution in [-0.2, 0) is 9.53 Å². The van der Waals surface area contributed by atoms with Gasteiger partial charge in [-0.1, -0.05) is 12.1 Å². The summed E-state index contributed by atoms with van der Waals surface area (Å²) < 4.78 is 18.9. The lowest BCUT2D eigenvalue weighted by Crippen LogP contribution is -2.44. The van der Waals surface area contributed by atoms with Gasteiger partial charge in [-0.3, -0.25) is 9.69 Å². The summed E-state index contributed by atoms with van der Waals surface area (Å²) in [6.07, 6.45) is 0.440. The van der Waals surface area contributed by atoms with E-state index in [0.717, 1.165) is 18.7 Å². The van der Waals surface area contributed by atoms with E-state index < -0.39 is 0 Å². The van der Waals surface area contributed by atoms with E-state index in [-0.39, 0.29) is 42.6 Å². The van der Waals surface area contributed by atoms with Crippen LogP contribution < -0.4 is 10.6 Å². The predicted octanol–water partition coefficient (Wildman–Crippen LogP) is 1.77. The van der Waals surface area contributed by atoms with Crippen LogP contribution in [0.1, 0.15) is 18.0 Å². The highest BCUT2D eigenvalue weighted by atomic mass is 35.5. The Morgan fingerprint density at radius 2 is 2.04 bits per heavy atom. The first-order chi connectivity index (χ1) is 10.7. The number of nitrogens with zero attached hydrogens (tertiary/aromatic N) is 1. The van der Waals surface area contributed by atoms with E-state index in [0.29, 0.717) is 32.7 Å². The maximum absolute atomic E-state index is 13.5. The monoisotopic (exact) mass is 381 g/mol. The average molecular weight is 382 g/mol. The van der Waals surface area contributed by atoms with Crippen molar-refractivity contribution in [3.63, 3.8) is 0 Å². The fourth-order valence-corrected chi connectivity index (χ4v) is 2.60. The highest BCUT2D eigenvalue weighted by Crippen LogP contribution is 2.22. The molecule has 1 aromatic carbocycles. The highest BCUT2D eigenvalue weighted by molar-refractivity contribution is 5.85. The van der Waals surface area contributed by atoms with E-state index in [1.165, 1.54) is 6.07 Å². The Balaban J connectivity index is 0.00000264. The number of amides is 1. The SMILES string of the molecule is CNCCC(=O)NCC(c1cccc(F)c1)N1CCOCC1.Cl.Cl. The topological polar surface area (TPSA) is 53.6 Å². The van der Waals surface area contributed by atoms with Crippen molar-refractivity contribution in [2.75, 3.05) is 46.4 Å². The van der Waals surface area contributed by atoms with Crippen LogP contribution in [0.2, 0.25) is 0 Å². The quantitative estimate of drug-likeness (QED) is 0.755. The molecule has 8 heteroatoms. The lowest BCUT2D eigenvalue weighted by molar-refractivity contribution is -0.121. The van der Waals surface area contributed by atoms with Crippen LogP contribution in [0.3, 0.4) is 0 Å². The van der Waals surface area contributed by atoms with Crippen LogP contribution in [0, 0.1) is 5.82 Å². The number of ether oxygens (including phenoxy) is 1. The third-order valence-corrected chi connectivity index (χ3v) is 3.81. The van der Waals surface area contributed by atoms with Gasteiger partial charge in [0.1, 0.15) is 5.82 Å². The highest BCUT2D eigenvalue weighted by Gasteiger charge is 2.23. The molecule has 1 atom stereocenters. The number of carbonyl (C=O) groups excluding carboxylic acids is 1. The van der Waals surface area contributed by atoms with Gasteiger partial charge >= 0.3 is 0 Å². The zero-order chi connectivity index (χ0) is 15.8. The van der Waals surface area contributed by atoms with Crippen molar-refractivity contribution in [2.45, 2.75) is 12.5 Å². The molecule has 1 aliphatic heterocycles. The van der Waals surface area contributed by atoms with Gasteiger partial charge in [-0.25, -0.2) is 4.39 Å². The van der Waals surface area contributed by atoms with Crippen LogP contribution in [0.25, 0.3) is 0 Å². The van der Waals surface area contributed by atoms with E-state index in [2.05, 4.69) is 15.5 Å². The van der Waals surface area contributed by atoms with Crippen LogP contribution in [-0.4, -0.2) is 57.2 Å². The summed E-state index contributed by atoms with van der Waals surface area (Å²) in [6.45, 7) is 4.03. The van der Waals surface area contributed by atoms with Gasteiger partial charge in [-0.2, -0.15) is 0 Å². The first kappa shape index (κ1) is 23.1. The summed E-state index contributed by atoms with van der Waals surface area (Å²) in [6, 6.07) is 6.56. The van der Waals surface area contributed by atoms with Crippen molar-refractivity contribution in [1.82, 2.24) is 15.5 Å². The summed E-state index contributed by atoms with van der Waals surface area (Å²) in [5.74, 6) is -0.249. The van der Waals surface area contributed by atoms with Gasteiger partial charge in [0.2, 0.25) is 5.91 Å². The fraction of sp³-hybridized carbons (Fsp3) is 0.562. The van der Waals surface area contributed by atoms with Crippen molar-refractivity contribution in [2.24, 2.45) is 0 Å². The lowest BCUT2D eigenvalue weighted by atomic mass is 10.0. The normalized spacial score (nSPS) is 15.8. The van der Waals surface area contributed by atoms with E-state index in [4.69, 9.17) is 4.74 Å². The molecule has 1 amide bonds. The fourth-order valence-electron chi connectivity index (χ4n) is 2.60. The van der Waals surface area contributed by atoms with Gasteiger partial charge in [0.05, 0.1) is 19.3 Å². The van der Waals surface area contributed by atoms with Gasteiger partial charge in [-0.15, -0.1) is 24.8 Å². The molecule has 1 fully saturated rings. The molecule has 0 aliphatic carbocycles. The summed E-state index contributed by atoms with van der Waals surface area (Å²) in [7, 11) is 1.82. The number of rotatable bonds is 7. The van der Waals surface area contributed by atoms with Gasteiger partial charge in [0, 0.05) is 32.6 Å². The van der Waals surface area contributed by atoms with Gasteiger partial charge in [-0.05, 0) is 24.7 Å². The average Bonchev–Trinajstić information content (AvgIpc) is 2.54. The molecule has 0 spiro atoms. The van der Waals surface area contributed by atoms with Crippen molar-refractivity contribution in [3.05, 3.63) is 35.6 Å². The summed E-state index contributed by atoms with van der Waals surface area (Å²) in [5, 5.41) is 5.90. The molecule has 5 nitrogen and oxygen atoms in total. The number of hydrogen-bond donors (Lipinski definition) is 2. The number of nitrogens with one attached hydrogen (secondary N) is 2. The van der Waals surface area contributed by atoms with Crippen molar-refractivity contribution < 1.29 is 13.9 Å². The molecule has 0 radical (unpaired) electrons. The van der Waals surface area contributed by atoms with Crippen molar-refractivity contribution in [3.8, 4) is 0 Å². The van der Waals surface area contributed by atoms with Crippen LogP contribution in [0.5, 0.6) is 0 Å². The van der Waals surface area contributed by atoms with E-state index in [1.807, 2.05) is 13.1 Å². The van der Waals surface area contributed by atoms with Crippen LogP contribution in [0.15, 0.2) is 24.3 Å². The Labute approximate surface area is 155 Å². The van der Waals surface area contributed by atoms with Gasteiger partial charge < -0.3 is 15.4 Å². The van der Waals surface area contributed by atoms with Crippen molar-refractivity contribution in [1.29, 1.82) is 0 Å². The first-order valence-corrected chi connectivity index (χ1v) is 7.69. The number of halogens is 3. The molecule has 1 unspecified atom stereocenters. The third-order valence-electron chi connectivity index (χ3n) is 3.81. The summed E-state index contributed by atoms with van der Waals surface area (Å²) in [5.41, 5.74) is 0.885. The third kappa shape index (κ3) is 7.32. The Morgan fingerprint density at radius 1 is 1.33 bits per heavy atom. The molecular formula is C16H26Cl2FN3O2. The molecular weight excluding hydrogens is 356 g/mol. The molecule has 2 N–H and O–H groups in total. The smallest absolute Gasteiger partial charge is 0.221 e. The summed E-state index contributed by atoms with van der Waals surface area (Å²) >= 11 is 0. The Morgan fingerprint density at radius 3 is 2.67 bits per heavy atom. The van der Waals surface area contributed by atoms with E-state index in [9.17, 15) is 9.18 Å². The molecule has 0 aromatic heterocycles. The molecule has 1 aliphatic rings.